The zero-order chi connectivity index (χ0) is 10.5. The molecule has 0 aliphatic carbocycles. The first-order valence-electron chi connectivity index (χ1n) is 4.55. The summed E-state index contributed by atoms with van der Waals surface area (Å²) in [6.45, 7) is 0. The van der Waals surface area contributed by atoms with Crippen LogP contribution < -0.4 is 0 Å². The SMILES string of the molecule is N#C/C(=C\n1ccnc1)c1ccccc1. The Morgan fingerprint density at radius 1 is 1.33 bits per heavy atom. The van der Waals surface area contributed by atoms with Gasteiger partial charge in [0.2, 0.25) is 0 Å². The summed E-state index contributed by atoms with van der Waals surface area (Å²) in [5.74, 6) is 0. The van der Waals surface area contributed by atoms with Crippen molar-refractivity contribution in [2.75, 3.05) is 0 Å². The molecular formula is C12H9N3. The van der Waals surface area contributed by atoms with Crippen LogP contribution in [0.15, 0.2) is 49.1 Å². The molecule has 1 aromatic carbocycles. The lowest BCUT2D eigenvalue weighted by Gasteiger charge is -1.98. The molecule has 0 radical (unpaired) electrons. The molecule has 1 aromatic heterocycles. The van der Waals surface area contributed by atoms with Gasteiger partial charge < -0.3 is 4.57 Å². The molecule has 72 valence electrons. The number of hydrogen-bond donors (Lipinski definition) is 0. The normalized spacial score (nSPS) is 11.0. The molecule has 0 amide bonds. The van der Waals surface area contributed by atoms with E-state index in [1.54, 1.807) is 29.5 Å². The summed E-state index contributed by atoms with van der Waals surface area (Å²) in [4.78, 5) is 3.91. The van der Waals surface area contributed by atoms with Crippen LogP contribution in [0.3, 0.4) is 0 Å². The van der Waals surface area contributed by atoms with Gasteiger partial charge in [0.1, 0.15) is 6.07 Å². The van der Waals surface area contributed by atoms with E-state index in [4.69, 9.17) is 5.26 Å². The van der Waals surface area contributed by atoms with Crippen molar-refractivity contribution in [2.24, 2.45) is 0 Å². The zero-order valence-electron chi connectivity index (χ0n) is 8.04. The zero-order valence-corrected chi connectivity index (χ0v) is 8.04. The molecule has 2 rings (SSSR count). The average molecular weight is 195 g/mol. The molecule has 0 saturated carbocycles. The number of benzene rings is 1. The average Bonchev–Trinajstić information content (AvgIpc) is 2.80. The van der Waals surface area contributed by atoms with Crippen LogP contribution in [0.5, 0.6) is 0 Å². The molecule has 0 aliphatic heterocycles. The van der Waals surface area contributed by atoms with Gasteiger partial charge >= 0.3 is 0 Å². The quantitative estimate of drug-likeness (QED) is 0.690. The summed E-state index contributed by atoms with van der Waals surface area (Å²) in [5, 5.41) is 9.03. The highest BCUT2D eigenvalue weighted by Gasteiger charge is 1.98. The van der Waals surface area contributed by atoms with Crippen LogP contribution in [0.25, 0.3) is 11.8 Å². The largest absolute Gasteiger partial charge is 0.312 e. The van der Waals surface area contributed by atoms with Crippen molar-refractivity contribution in [3.8, 4) is 6.07 Å². The molecule has 0 N–H and O–H groups in total. The van der Waals surface area contributed by atoms with Gasteiger partial charge in [0, 0.05) is 18.6 Å². The number of nitriles is 1. The smallest absolute Gasteiger partial charge is 0.101 e. The van der Waals surface area contributed by atoms with Crippen LogP contribution in [-0.2, 0) is 0 Å². The van der Waals surface area contributed by atoms with Crippen LogP contribution in [0, 0.1) is 11.3 Å². The van der Waals surface area contributed by atoms with Crippen molar-refractivity contribution < 1.29 is 0 Å². The van der Waals surface area contributed by atoms with E-state index in [0.717, 1.165) is 5.56 Å². The van der Waals surface area contributed by atoms with E-state index in [1.807, 2.05) is 30.3 Å². The van der Waals surface area contributed by atoms with Crippen molar-refractivity contribution in [3.63, 3.8) is 0 Å². The van der Waals surface area contributed by atoms with Gasteiger partial charge in [-0.05, 0) is 5.56 Å². The van der Waals surface area contributed by atoms with Crippen molar-refractivity contribution >= 4 is 11.8 Å². The molecule has 0 unspecified atom stereocenters. The molecule has 0 atom stereocenters. The molecular weight excluding hydrogens is 186 g/mol. The first kappa shape index (κ1) is 9.22. The number of aromatic nitrogens is 2. The fraction of sp³-hybridized carbons (Fsp3) is 0. The minimum atomic E-state index is 0.619. The monoisotopic (exact) mass is 195 g/mol. The van der Waals surface area contributed by atoms with Gasteiger partial charge in [0.25, 0.3) is 0 Å². The number of nitrogens with zero attached hydrogens (tertiary/aromatic N) is 3. The lowest BCUT2D eigenvalue weighted by molar-refractivity contribution is 1.14. The van der Waals surface area contributed by atoms with Gasteiger partial charge in [-0.15, -0.1) is 0 Å². The van der Waals surface area contributed by atoms with Crippen LogP contribution in [0.4, 0.5) is 0 Å². The number of hydrogen-bond acceptors (Lipinski definition) is 2. The Morgan fingerprint density at radius 2 is 2.13 bits per heavy atom. The highest BCUT2D eigenvalue weighted by atomic mass is 15.0. The van der Waals surface area contributed by atoms with E-state index in [0.29, 0.717) is 5.57 Å². The maximum Gasteiger partial charge on any atom is 0.101 e. The summed E-state index contributed by atoms with van der Waals surface area (Å²) in [7, 11) is 0. The Hall–Kier alpha value is -2.34. The van der Waals surface area contributed by atoms with E-state index in [9.17, 15) is 0 Å². The Balaban J connectivity index is 2.38. The van der Waals surface area contributed by atoms with Crippen molar-refractivity contribution in [1.82, 2.24) is 9.55 Å². The molecule has 0 fully saturated rings. The summed E-state index contributed by atoms with van der Waals surface area (Å²) in [5.41, 5.74) is 1.53. The third kappa shape index (κ3) is 2.12. The van der Waals surface area contributed by atoms with Gasteiger partial charge in [-0.1, -0.05) is 30.3 Å². The molecule has 3 nitrogen and oxygen atoms in total. The second-order valence-corrected chi connectivity index (χ2v) is 3.03. The molecule has 0 bridgehead atoms. The van der Waals surface area contributed by atoms with Gasteiger partial charge in [-0.25, -0.2) is 4.98 Å². The van der Waals surface area contributed by atoms with E-state index >= 15 is 0 Å². The first-order chi connectivity index (χ1) is 7.40. The predicted octanol–water partition coefficient (Wildman–Crippen LogP) is 2.40. The Bertz CT molecular complexity index is 489. The summed E-state index contributed by atoms with van der Waals surface area (Å²) < 4.78 is 1.76. The third-order valence-electron chi connectivity index (χ3n) is 2.01. The molecule has 3 heteroatoms. The van der Waals surface area contributed by atoms with E-state index in [-0.39, 0.29) is 0 Å². The summed E-state index contributed by atoms with van der Waals surface area (Å²) >= 11 is 0. The molecule has 2 aromatic rings. The van der Waals surface area contributed by atoms with Crippen LogP contribution in [0.1, 0.15) is 5.56 Å². The van der Waals surface area contributed by atoms with E-state index in [1.165, 1.54) is 0 Å². The van der Waals surface area contributed by atoms with Crippen molar-refractivity contribution in [3.05, 3.63) is 54.6 Å². The lowest BCUT2D eigenvalue weighted by Crippen LogP contribution is -1.85. The second kappa shape index (κ2) is 4.25. The predicted molar refractivity (Wildman–Crippen MR) is 58.4 cm³/mol. The highest BCUT2D eigenvalue weighted by Crippen LogP contribution is 2.13. The maximum atomic E-state index is 9.03. The molecule has 0 saturated heterocycles. The molecule has 1 heterocycles. The summed E-state index contributed by atoms with van der Waals surface area (Å²) in [6, 6.07) is 11.7. The first-order valence-corrected chi connectivity index (χ1v) is 4.55. The van der Waals surface area contributed by atoms with Crippen molar-refractivity contribution in [1.29, 1.82) is 5.26 Å². The molecule has 15 heavy (non-hydrogen) atoms. The van der Waals surface area contributed by atoms with Gasteiger partial charge in [-0.2, -0.15) is 5.26 Å². The van der Waals surface area contributed by atoms with Crippen molar-refractivity contribution in [2.45, 2.75) is 0 Å². The van der Waals surface area contributed by atoms with Crippen LogP contribution >= 0.6 is 0 Å². The molecule has 0 aliphatic rings. The number of imidazole rings is 1. The Labute approximate surface area is 87.9 Å². The van der Waals surface area contributed by atoms with E-state index < -0.39 is 0 Å². The topological polar surface area (TPSA) is 41.6 Å². The summed E-state index contributed by atoms with van der Waals surface area (Å²) in [6.07, 6.45) is 6.87. The van der Waals surface area contributed by atoms with Crippen LogP contribution in [0.2, 0.25) is 0 Å². The van der Waals surface area contributed by atoms with Gasteiger partial charge in [-0.3, -0.25) is 0 Å². The fourth-order valence-corrected chi connectivity index (χ4v) is 1.28. The fourth-order valence-electron chi connectivity index (χ4n) is 1.28. The molecule has 0 spiro atoms. The number of allylic oxidation sites excluding steroid dienone is 1. The number of rotatable bonds is 2. The maximum absolute atomic E-state index is 9.03. The third-order valence-corrected chi connectivity index (χ3v) is 2.01. The van der Waals surface area contributed by atoms with Crippen LogP contribution in [-0.4, -0.2) is 9.55 Å². The van der Waals surface area contributed by atoms with Gasteiger partial charge in [0.15, 0.2) is 0 Å². The van der Waals surface area contributed by atoms with E-state index in [2.05, 4.69) is 11.1 Å². The second-order valence-electron chi connectivity index (χ2n) is 3.03. The standard InChI is InChI=1S/C12H9N3/c13-8-12(9-15-7-6-14-10-15)11-4-2-1-3-5-11/h1-7,9-10H/b12-9+. The van der Waals surface area contributed by atoms with Gasteiger partial charge in [0.05, 0.1) is 11.9 Å². The Kier molecular flexibility index (Phi) is 2.61. The Morgan fingerprint density at radius 3 is 2.73 bits per heavy atom. The minimum absolute atomic E-state index is 0.619. The highest BCUT2D eigenvalue weighted by molar-refractivity contribution is 5.84. The lowest BCUT2D eigenvalue weighted by atomic mass is 10.1. The minimum Gasteiger partial charge on any atom is -0.312 e.